The zero-order valence-electron chi connectivity index (χ0n) is 9.92. The molecule has 1 aliphatic rings. The maximum absolute atomic E-state index is 10.2. The van der Waals surface area contributed by atoms with Gasteiger partial charge in [0, 0.05) is 28.7 Å². The van der Waals surface area contributed by atoms with E-state index >= 15 is 0 Å². The first-order chi connectivity index (χ1) is 8.15. The van der Waals surface area contributed by atoms with Crippen LogP contribution in [0, 0.1) is 6.92 Å². The SMILES string of the molecule is COc1c(C)c(Br)cc(C2CNCCO2)c1O. The number of hydrogen-bond acceptors (Lipinski definition) is 4. The van der Waals surface area contributed by atoms with Crippen molar-refractivity contribution < 1.29 is 14.6 Å². The molecule has 1 heterocycles. The third kappa shape index (κ3) is 2.41. The number of hydrogen-bond donors (Lipinski definition) is 2. The molecule has 1 fully saturated rings. The zero-order chi connectivity index (χ0) is 12.4. The molecule has 4 nitrogen and oxygen atoms in total. The average Bonchev–Trinajstić information content (AvgIpc) is 2.36. The number of benzene rings is 1. The molecule has 2 rings (SSSR count). The molecule has 1 unspecified atom stereocenters. The fraction of sp³-hybridized carbons (Fsp3) is 0.500. The van der Waals surface area contributed by atoms with E-state index in [-0.39, 0.29) is 11.9 Å². The first kappa shape index (κ1) is 12.7. The van der Waals surface area contributed by atoms with E-state index in [9.17, 15) is 5.11 Å². The minimum atomic E-state index is -0.130. The molecule has 17 heavy (non-hydrogen) atoms. The van der Waals surface area contributed by atoms with E-state index in [4.69, 9.17) is 9.47 Å². The third-order valence-corrected chi connectivity index (χ3v) is 3.77. The predicted molar refractivity (Wildman–Crippen MR) is 68.7 cm³/mol. The molecule has 0 aliphatic carbocycles. The Morgan fingerprint density at radius 3 is 2.94 bits per heavy atom. The van der Waals surface area contributed by atoms with Crippen molar-refractivity contribution in [2.75, 3.05) is 26.8 Å². The van der Waals surface area contributed by atoms with Gasteiger partial charge in [0.15, 0.2) is 11.5 Å². The van der Waals surface area contributed by atoms with Crippen LogP contribution in [0.1, 0.15) is 17.2 Å². The highest BCUT2D eigenvalue weighted by atomic mass is 79.9. The van der Waals surface area contributed by atoms with Gasteiger partial charge < -0.3 is 19.9 Å². The summed E-state index contributed by atoms with van der Waals surface area (Å²) >= 11 is 3.47. The fourth-order valence-electron chi connectivity index (χ4n) is 1.99. The maximum atomic E-state index is 10.2. The number of methoxy groups -OCH3 is 1. The van der Waals surface area contributed by atoms with Gasteiger partial charge in [-0.05, 0) is 13.0 Å². The largest absolute Gasteiger partial charge is 0.504 e. The van der Waals surface area contributed by atoms with Crippen molar-refractivity contribution in [3.63, 3.8) is 0 Å². The normalized spacial score (nSPS) is 20.3. The topological polar surface area (TPSA) is 50.7 Å². The van der Waals surface area contributed by atoms with E-state index in [1.165, 1.54) is 0 Å². The Morgan fingerprint density at radius 1 is 1.59 bits per heavy atom. The summed E-state index contributed by atoms with van der Waals surface area (Å²) in [4.78, 5) is 0. The van der Waals surface area contributed by atoms with Gasteiger partial charge in [0.2, 0.25) is 0 Å². The first-order valence-corrected chi connectivity index (χ1v) is 6.32. The lowest BCUT2D eigenvalue weighted by molar-refractivity contribution is 0.0260. The van der Waals surface area contributed by atoms with Crippen LogP contribution in [0.15, 0.2) is 10.5 Å². The predicted octanol–water partition coefficient (Wildman–Crippen LogP) is 2.13. The summed E-state index contributed by atoms with van der Waals surface area (Å²) in [6.45, 7) is 4.10. The van der Waals surface area contributed by atoms with E-state index in [1.54, 1.807) is 7.11 Å². The number of nitrogens with one attached hydrogen (secondary N) is 1. The van der Waals surface area contributed by atoms with Crippen molar-refractivity contribution in [3.05, 3.63) is 21.7 Å². The lowest BCUT2D eigenvalue weighted by atomic mass is 10.0. The van der Waals surface area contributed by atoms with Crippen LogP contribution >= 0.6 is 15.9 Å². The van der Waals surface area contributed by atoms with Crippen LogP contribution in [-0.4, -0.2) is 31.9 Å². The Kier molecular flexibility index (Phi) is 3.91. The molecular formula is C12H16BrNO3. The van der Waals surface area contributed by atoms with Crippen LogP contribution in [0.25, 0.3) is 0 Å². The van der Waals surface area contributed by atoms with Gasteiger partial charge in [-0.3, -0.25) is 0 Å². The van der Waals surface area contributed by atoms with E-state index < -0.39 is 0 Å². The Balaban J connectivity index is 2.42. The number of aromatic hydroxyl groups is 1. The highest BCUT2D eigenvalue weighted by molar-refractivity contribution is 9.10. The molecule has 1 saturated heterocycles. The van der Waals surface area contributed by atoms with Crippen LogP contribution in [-0.2, 0) is 4.74 Å². The molecule has 1 atom stereocenters. The van der Waals surface area contributed by atoms with Crippen molar-refractivity contribution in [1.29, 1.82) is 0 Å². The number of rotatable bonds is 2. The number of morpholine rings is 1. The molecule has 94 valence electrons. The Bertz CT molecular complexity index is 417. The smallest absolute Gasteiger partial charge is 0.164 e. The van der Waals surface area contributed by atoms with Gasteiger partial charge in [0.1, 0.15) is 0 Å². The Hall–Kier alpha value is -0.780. The molecule has 2 N–H and O–H groups in total. The molecule has 0 radical (unpaired) electrons. The second-order valence-electron chi connectivity index (χ2n) is 4.02. The maximum Gasteiger partial charge on any atom is 0.164 e. The number of phenols is 1. The second-order valence-corrected chi connectivity index (χ2v) is 4.87. The van der Waals surface area contributed by atoms with Crippen LogP contribution in [0.2, 0.25) is 0 Å². The molecule has 1 aromatic carbocycles. The highest BCUT2D eigenvalue weighted by Crippen LogP contribution is 2.41. The highest BCUT2D eigenvalue weighted by Gasteiger charge is 2.23. The fourth-order valence-corrected chi connectivity index (χ4v) is 2.42. The van der Waals surface area contributed by atoms with Gasteiger partial charge in [-0.15, -0.1) is 0 Å². The first-order valence-electron chi connectivity index (χ1n) is 5.53. The quantitative estimate of drug-likeness (QED) is 0.879. The molecule has 1 aliphatic heterocycles. The average molecular weight is 302 g/mol. The van der Waals surface area contributed by atoms with Crippen molar-refractivity contribution in [1.82, 2.24) is 5.32 Å². The standard InChI is InChI=1S/C12H16BrNO3/c1-7-9(13)5-8(11(15)12(7)16-2)10-6-14-3-4-17-10/h5,10,14-15H,3-4,6H2,1-2H3. The summed E-state index contributed by atoms with van der Waals surface area (Å²) in [5, 5.41) is 13.4. The number of phenolic OH excluding ortho intramolecular Hbond substituents is 1. The van der Waals surface area contributed by atoms with E-state index in [2.05, 4.69) is 21.2 Å². The van der Waals surface area contributed by atoms with E-state index in [0.29, 0.717) is 18.9 Å². The van der Waals surface area contributed by atoms with Crippen LogP contribution in [0.3, 0.4) is 0 Å². The lowest BCUT2D eigenvalue weighted by Crippen LogP contribution is -2.33. The summed E-state index contributed by atoms with van der Waals surface area (Å²) in [7, 11) is 1.55. The minimum Gasteiger partial charge on any atom is -0.504 e. The molecule has 0 aromatic heterocycles. The Labute approximate surface area is 109 Å². The van der Waals surface area contributed by atoms with Crippen LogP contribution in [0.5, 0.6) is 11.5 Å². The summed E-state index contributed by atoms with van der Waals surface area (Å²) in [6.07, 6.45) is -0.130. The van der Waals surface area contributed by atoms with E-state index in [0.717, 1.165) is 22.1 Å². The summed E-state index contributed by atoms with van der Waals surface area (Å²) < 4.78 is 11.8. The van der Waals surface area contributed by atoms with Crippen LogP contribution < -0.4 is 10.1 Å². The van der Waals surface area contributed by atoms with Crippen LogP contribution in [0.4, 0.5) is 0 Å². The molecule has 0 amide bonds. The summed E-state index contributed by atoms with van der Waals surface area (Å²) in [5.74, 6) is 0.672. The van der Waals surface area contributed by atoms with Gasteiger partial charge in [-0.25, -0.2) is 0 Å². The van der Waals surface area contributed by atoms with E-state index in [1.807, 2.05) is 13.0 Å². The molecule has 1 aromatic rings. The monoisotopic (exact) mass is 301 g/mol. The van der Waals surface area contributed by atoms with Crippen molar-refractivity contribution in [2.24, 2.45) is 0 Å². The summed E-state index contributed by atoms with van der Waals surface area (Å²) in [6, 6.07) is 1.89. The lowest BCUT2D eigenvalue weighted by Gasteiger charge is -2.25. The van der Waals surface area contributed by atoms with Gasteiger partial charge in [0.05, 0.1) is 19.8 Å². The van der Waals surface area contributed by atoms with Gasteiger partial charge >= 0.3 is 0 Å². The Morgan fingerprint density at radius 2 is 2.35 bits per heavy atom. The van der Waals surface area contributed by atoms with Crippen molar-refractivity contribution in [3.8, 4) is 11.5 Å². The number of halogens is 1. The molecule has 0 spiro atoms. The second kappa shape index (κ2) is 5.25. The van der Waals surface area contributed by atoms with Gasteiger partial charge in [-0.1, -0.05) is 15.9 Å². The van der Waals surface area contributed by atoms with Crippen molar-refractivity contribution in [2.45, 2.75) is 13.0 Å². The molecular weight excluding hydrogens is 286 g/mol. The minimum absolute atomic E-state index is 0.130. The third-order valence-electron chi connectivity index (χ3n) is 2.95. The molecule has 0 bridgehead atoms. The summed E-state index contributed by atoms with van der Waals surface area (Å²) in [5.41, 5.74) is 1.64. The van der Waals surface area contributed by atoms with Gasteiger partial charge in [-0.2, -0.15) is 0 Å². The number of ether oxygens (including phenoxy) is 2. The zero-order valence-corrected chi connectivity index (χ0v) is 11.5. The molecule has 0 saturated carbocycles. The molecule has 5 heteroatoms. The van der Waals surface area contributed by atoms with Gasteiger partial charge in [0.25, 0.3) is 0 Å². The van der Waals surface area contributed by atoms with Crippen molar-refractivity contribution >= 4 is 15.9 Å².